The molecule has 0 amide bonds. The number of aromatic nitrogens is 2. The average molecular weight is 278 g/mol. The van der Waals surface area contributed by atoms with E-state index in [1.165, 1.54) is 0 Å². The lowest BCUT2D eigenvalue weighted by molar-refractivity contribution is -0.173. The number of ether oxygens (including phenoxy) is 1. The highest BCUT2D eigenvalue weighted by Gasteiger charge is 2.31. The Kier molecular flexibility index (Phi) is 4.18. The molecule has 1 heterocycles. The summed E-state index contributed by atoms with van der Waals surface area (Å²) in [5.41, 5.74) is 0. The van der Waals surface area contributed by atoms with E-state index in [9.17, 15) is 18.0 Å². The molecule has 0 N–H and O–H groups in total. The molecule has 0 radical (unpaired) electrons. The van der Waals surface area contributed by atoms with Crippen molar-refractivity contribution < 1.29 is 27.2 Å². The fourth-order valence-corrected chi connectivity index (χ4v) is 1.94. The molecule has 1 atom stereocenters. The largest absolute Gasteiger partial charge is 0.411 e. The van der Waals surface area contributed by atoms with Gasteiger partial charge in [-0.05, 0) is 12.8 Å². The van der Waals surface area contributed by atoms with Gasteiger partial charge < -0.3 is 9.26 Å². The minimum atomic E-state index is -4.33. The Morgan fingerprint density at radius 1 is 1.42 bits per heavy atom. The van der Waals surface area contributed by atoms with Crippen LogP contribution >= 0.6 is 0 Å². The molecule has 1 unspecified atom stereocenters. The van der Waals surface area contributed by atoms with Gasteiger partial charge in [-0.2, -0.15) is 18.2 Å². The maximum absolute atomic E-state index is 11.8. The molecule has 19 heavy (non-hydrogen) atoms. The van der Waals surface area contributed by atoms with E-state index in [0.29, 0.717) is 12.8 Å². The van der Waals surface area contributed by atoms with Gasteiger partial charge in [-0.15, -0.1) is 0 Å². The number of carbonyl (C=O) groups excluding carboxylic acids is 1. The highest BCUT2D eigenvalue weighted by atomic mass is 19.4. The fourth-order valence-electron chi connectivity index (χ4n) is 1.94. The van der Waals surface area contributed by atoms with E-state index in [4.69, 9.17) is 4.52 Å². The van der Waals surface area contributed by atoms with Crippen molar-refractivity contribution >= 4 is 5.78 Å². The summed E-state index contributed by atoms with van der Waals surface area (Å²) in [5.74, 6) is 0.242. The zero-order valence-electron chi connectivity index (χ0n) is 10.1. The van der Waals surface area contributed by atoms with Crippen LogP contribution < -0.4 is 0 Å². The van der Waals surface area contributed by atoms with Crippen LogP contribution in [-0.4, -0.2) is 35.3 Å². The van der Waals surface area contributed by atoms with Gasteiger partial charge in [-0.1, -0.05) is 5.16 Å². The van der Waals surface area contributed by atoms with Crippen LogP contribution in [0.3, 0.4) is 0 Å². The Morgan fingerprint density at radius 3 is 2.84 bits per heavy atom. The number of carbonyl (C=O) groups is 1. The number of ketones is 1. The van der Waals surface area contributed by atoms with Crippen LogP contribution in [0.15, 0.2) is 4.52 Å². The third kappa shape index (κ3) is 4.02. The molecule has 1 fully saturated rings. The number of halogens is 3. The topological polar surface area (TPSA) is 65.2 Å². The second kappa shape index (κ2) is 5.68. The van der Waals surface area contributed by atoms with Gasteiger partial charge in [-0.25, -0.2) is 0 Å². The zero-order valence-corrected chi connectivity index (χ0v) is 10.1. The maximum Gasteiger partial charge on any atom is 0.411 e. The van der Waals surface area contributed by atoms with Crippen LogP contribution in [0, 0.1) is 0 Å². The molecule has 1 aliphatic carbocycles. The van der Waals surface area contributed by atoms with Crippen LogP contribution in [-0.2, 0) is 16.0 Å². The van der Waals surface area contributed by atoms with E-state index < -0.39 is 12.8 Å². The summed E-state index contributed by atoms with van der Waals surface area (Å²) in [7, 11) is 0. The highest BCUT2D eigenvalue weighted by Crippen LogP contribution is 2.29. The van der Waals surface area contributed by atoms with E-state index in [0.717, 1.165) is 6.42 Å². The van der Waals surface area contributed by atoms with Crippen molar-refractivity contribution in [2.45, 2.75) is 37.8 Å². The normalized spacial score (nSPS) is 20.2. The van der Waals surface area contributed by atoms with Gasteiger partial charge in [0.2, 0.25) is 5.89 Å². The molecule has 0 saturated heterocycles. The number of nitrogens with zero attached hydrogens (tertiary/aromatic N) is 2. The Morgan fingerprint density at radius 2 is 2.21 bits per heavy atom. The van der Waals surface area contributed by atoms with Gasteiger partial charge in [0.1, 0.15) is 12.4 Å². The third-order valence-corrected chi connectivity index (χ3v) is 2.82. The highest BCUT2D eigenvalue weighted by molar-refractivity contribution is 5.86. The SMILES string of the molecule is O=C1CCCC1c1nc(CCOCC(F)(F)F)no1. The molecule has 1 aromatic heterocycles. The summed E-state index contributed by atoms with van der Waals surface area (Å²) >= 11 is 0. The van der Waals surface area contributed by atoms with E-state index in [-0.39, 0.29) is 36.4 Å². The van der Waals surface area contributed by atoms with Crippen LogP contribution in [0.1, 0.15) is 36.9 Å². The lowest BCUT2D eigenvalue weighted by Crippen LogP contribution is -2.18. The molecule has 0 aliphatic heterocycles. The van der Waals surface area contributed by atoms with Crippen LogP contribution in [0.5, 0.6) is 0 Å². The summed E-state index contributed by atoms with van der Waals surface area (Å²) in [6.07, 6.45) is -2.21. The van der Waals surface area contributed by atoms with Gasteiger partial charge in [0.05, 0.1) is 12.5 Å². The predicted molar refractivity (Wildman–Crippen MR) is 56.5 cm³/mol. The first-order valence-electron chi connectivity index (χ1n) is 5.95. The minimum Gasteiger partial charge on any atom is -0.372 e. The molecule has 2 rings (SSSR count). The molecule has 5 nitrogen and oxygen atoms in total. The maximum atomic E-state index is 11.8. The molecule has 0 bridgehead atoms. The summed E-state index contributed by atoms with van der Waals surface area (Å²) in [6.45, 7) is -1.43. The predicted octanol–water partition coefficient (Wildman–Crippen LogP) is 2.03. The first-order valence-corrected chi connectivity index (χ1v) is 5.95. The minimum absolute atomic E-state index is 0.0727. The van der Waals surface area contributed by atoms with Gasteiger partial charge >= 0.3 is 6.18 Å². The lowest BCUT2D eigenvalue weighted by Gasteiger charge is -2.05. The van der Waals surface area contributed by atoms with Gasteiger partial charge in [-0.3, -0.25) is 4.79 Å². The van der Waals surface area contributed by atoms with Crippen LogP contribution in [0.25, 0.3) is 0 Å². The van der Waals surface area contributed by atoms with Crippen molar-refractivity contribution in [2.75, 3.05) is 13.2 Å². The van der Waals surface area contributed by atoms with E-state index in [1.54, 1.807) is 0 Å². The zero-order chi connectivity index (χ0) is 13.9. The van der Waals surface area contributed by atoms with Crippen molar-refractivity contribution in [3.63, 3.8) is 0 Å². The second-order valence-electron chi connectivity index (χ2n) is 4.38. The monoisotopic (exact) mass is 278 g/mol. The molecule has 1 saturated carbocycles. The standard InChI is InChI=1S/C11H13F3N2O3/c12-11(13,14)6-18-5-4-9-15-10(19-16-9)7-2-1-3-8(7)17/h7H,1-6H2. The number of rotatable bonds is 5. The number of alkyl halides is 3. The van der Waals surface area contributed by atoms with Crippen molar-refractivity contribution in [3.8, 4) is 0 Å². The summed E-state index contributed by atoms with van der Waals surface area (Å²) in [6, 6.07) is 0. The van der Waals surface area contributed by atoms with Crippen molar-refractivity contribution in [3.05, 3.63) is 11.7 Å². The summed E-state index contributed by atoms with van der Waals surface area (Å²) in [5, 5.41) is 3.63. The fraction of sp³-hybridized carbons (Fsp3) is 0.727. The van der Waals surface area contributed by atoms with Gasteiger partial charge in [0.25, 0.3) is 0 Å². The lowest BCUT2D eigenvalue weighted by atomic mass is 10.1. The van der Waals surface area contributed by atoms with Gasteiger partial charge in [0.15, 0.2) is 5.82 Å². The van der Waals surface area contributed by atoms with Crippen LogP contribution in [0.2, 0.25) is 0 Å². The van der Waals surface area contributed by atoms with Crippen molar-refractivity contribution in [1.82, 2.24) is 10.1 Å². The van der Waals surface area contributed by atoms with E-state index >= 15 is 0 Å². The Balaban J connectivity index is 1.79. The third-order valence-electron chi connectivity index (χ3n) is 2.82. The van der Waals surface area contributed by atoms with E-state index in [1.807, 2.05) is 0 Å². The number of Topliss-reactive ketones (excluding diaryl/α,β-unsaturated/α-hetero) is 1. The molecule has 0 spiro atoms. The molecule has 8 heteroatoms. The summed E-state index contributed by atoms with van der Waals surface area (Å²) in [4.78, 5) is 15.5. The molecule has 106 valence electrons. The average Bonchev–Trinajstić information content (AvgIpc) is 2.91. The van der Waals surface area contributed by atoms with Gasteiger partial charge in [0, 0.05) is 12.8 Å². The van der Waals surface area contributed by atoms with Crippen molar-refractivity contribution in [1.29, 1.82) is 0 Å². The molecular weight excluding hydrogens is 265 g/mol. The Bertz CT molecular complexity index is 445. The van der Waals surface area contributed by atoms with Crippen molar-refractivity contribution in [2.24, 2.45) is 0 Å². The first kappa shape index (κ1) is 14.0. The Hall–Kier alpha value is -1.44. The van der Waals surface area contributed by atoms with E-state index in [2.05, 4.69) is 14.9 Å². The number of hydrogen-bond donors (Lipinski definition) is 0. The quantitative estimate of drug-likeness (QED) is 0.771. The smallest absolute Gasteiger partial charge is 0.372 e. The van der Waals surface area contributed by atoms with Crippen LogP contribution in [0.4, 0.5) is 13.2 Å². The molecule has 0 aromatic carbocycles. The number of hydrogen-bond acceptors (Lipinski definition) is 5. The first-order chi connectivity index (χ1) is 8.96. The molecule has 1 aliphatic rings. The molecular formula is C11H13F3N2O3. The molecule has 1 aromatic rings. The summed E-state index contributed by atoms with van der Waals surface area (Å²) < 4.78 is 44.9. The Labute approximate surface area is 107 Å². The second-order valence-corrected chi connectivity index (χ2v) is 4.38.